The van der Waals surface area contributed by atoms with E-state index in [1.54, 1.807) is 18.3 Å². The lowest BCUT2D eigenvalue weighted by Crippen LogP contribution is -2.14. The minimum atomic E-state index is -0.128. The fourth-order valence-corrected chi connectivity index (χ4v) is 2.96. The van der Waals surface area contributed by atoms with Crippen LogP contribution in [0.15, 0.2) is 72.9 Å². The highest BCUT2D eigenvalue weighted by atomic mass is 16.1. The van der Waals surface area contributed by atoms with Crippen LogP contribution in [0, 0.1) is 0 Å². The largest absolute Gasteiger partial charge is 0.370 e. The van der Waals surface area contributed by atoms with E-state index in [9.17, 15) is 4.79 Å². The Hall–Kier alpha value is -3.14. The van der Waals surface area contributed by atoms with Gasteiger partial charge in [0.15, 0.2) is 0 Å². The monoisotopic (exact) mass is 359 g/mol. The van der Waals surface area contributed by atoms with Gasteiger partial charge in [-0.15, -0.1) is 0 Å². The molecule has 4 nitrogen and oxygen atoms in total. The van der Waals surface area contributed by atoms with Crippen molar-refractivity contribution in [3.05, 3.63) is 89.6 Å². The number of amides is 1. The summed E-state index contributed by atoms with van der Waals surface area (Å²) in [4.78, 5) is 17.0. The summed E-state index contributed by atoms with van der Waals surface area (Å²) in [5.74, 6) is 0.918. The lowest BCUT2D eigenvalue weighted by molar-refractivity contribution is 0.102. The van der Waals surface area contributed by atoms with Gasteiger partial charge in [-0.3, -0.25) is 4.79 Å². The molecule has 0 aliphatic rings. The number of hydrogen-bond acceptors (Lipinski definition) is 3. The van der Waals surface area contributed by atoms with Crippen molar-refractivity contribution in [3.63, 3.8) is 0 Å². The van der Waals surface area contributed by atoms with E-state index in [1.807, 2.05) is 42.5 Å². The van der Waals surface area contributed by atoms with Crippen LogP contribution < -0.4 is 10.6 Å². The van der Waals surface area contributed by atoms with Crippen LogP contribution in [0.1, 0.15) is 41.3 Å². The first-order valence-electron chi connectivity index (χ1n) is 9.27. The Balaban J connectivity index is 1.64. The summed E-state index contributed by atoms with van der Waals surface area (Å²) in [5, 5.41) is 6.31. The van der Waals surface area contributed by atoms with E-state index in [0.717, 1.165) is 24.2 Å². The van der Waals surface area contributed by atoms with Crippen molar-refractivity contribution < 1.29 is 4.79 Å². The van der Waals surface area contributed by atoms with Crippen molar-refractivity contribution in [3.8, 4) is 0 Å². The predicted octanol–water partition coefficient (Wildman–Crippen LogP) is 5.11. The van der Waals surface area contributed by atoms with Gasteiger partial charge in [0.25, 0.3) is 5.91 Å². The van der Waals surface area contributed by atoms with Gasteiger partial charge in [-0.1, -0.05) is 62.4 Å². The highest BCUT2D eigenvalue weighted by Crippen LogP contribution is 2.24. The number of pyridine rings is 1. The third-order valence-electron chi connectivity index (χ3n) is 4.42. The molecule has 27 heavy (non-hydrogen) atoms. The first kappa shape index (κ1) is 18.6. The second-order valence-corrected chi connectivity index (χ2v) is 6.79. The van der Waals surface area contributed by atoms with Gasteiger partial charge in [-0.2, -0.15) is 0 Å². The highest BCUT2D eigenvalue weighted by Gasteiger charge is 2.11. The number of hydrogen-bond donors (Lipinski definition) is 2. The minimum absolute atomic E-state index is 0.128. The Labute approximate surface area is 160 Å². The number of anilines is 2. The fraction of sp³-hybridized carbons (Fsp3) is 0.217. The van der Waals surface area contributed by atoms with Crippen molar-refractivity contribution in [1.29, 1.82) is 0 Å². The van der Waals surface area contributed by atoms with Gasteiger partial charge >= 0.3 is 0 Å². The molecule has 1 amide bonds. The van der Waals surface area contributed by atoms with E-state index in [2.05, 4.69) is 41.6 Å². The number of nitrogens with zero attached hydrogens (tertiary/aromatic N) is 1. The van der Waals surface area contributed by atoms with Gasteiger partial charge in [-0.25, -0.2) is 4.98 Å². The average molecular weight is 359 g/mol. The minimum Gasteiger partial charge on any atom is -0.370 e. The maximum absolute atomic E-state index is 12.7. The second-order valence-electron chi connectivity index (χ2n) is 6.79. The average Bonchev–Trinajstić information content (AvgIpc) is 2.69. The Kier molecular flexibility index (Phi) is 6.21. The van der Waals surface area contributed by atoms with Crippen molar-refractivity contribution >= 4 is 17.4 Å². The van der Waals surface area contributed by atoms with Crippen LogP contribution in [-0.4, -0.2) is 17.4 Å². The highest BCUT2D eigenvalue weighted by molar-refractivity contribution is 6.05. The van der Waals surface area contributed by atoms with Crippen molar-refractivity contribution in [2.45, 2.75) is 26.2 Å². The molecule has 1 heterocycles. The molecule has 4 heteroatoms. The number of para-hydroxylation sites is 1. The number of nitrogens with one attached hydrogen (secondary N) is 2. The molecule has 0 fully saturated rings. The van der Waals surface area contributed by atoms with E-state index in [4.69, 9.17) is 0 Å². The zero-order chi connectivity index (χ0) is 19.1. The quantitative estimate of drug-likeness (QED) is 0.616. The molecular weight excluding hydrogens is 334 g/mol. The molecule has 138 valence electrons. The number of benzene rings is 2. The smallest absolute Gasteiger partial charge is 0.255 e. The Morgan fingerprint density at radius 2 is 1.74 bits per heavy atom. The van der Waals surface area contributed by atoms with Crippen LogP contribution >= 0.6 is 0 Å². The van der Waals surface area contributed by atoms with E-state index in [-0.39, 0.29) is 5.91 Å². The van der Waals surface area contributed by atoms with Gasteiger partial charge in [0.2, 0.25) is 0 Å². The topological polar surface area (TPSA) is 54.0 Å². The van der Waals surface area contributed by atoms with Crippen LogP contribution in [0.2, 0.25) is 0 Å². The molecule has 2 aromatic carbocycles. The molecule has 0 atom stereocenters. The number of rotatable bonds is 7. The molecular formula is C23H25N3O. The first-order valence-corrected chi connectivity index (χ1v) is 9.27. The van der Waals surface area contributed by atoms with Crippen LogP contribution in [0.4, 0.5) is 11.5 Å². The maximum atomic E-state index is 12.7. The zero-order valence-corrected chi connectivity index (χ0v) is 15.8. The normalized spacial score (nSPS) is 10.6. The lowest BCUT2D eigenvalue weighted by atomic mass is 10.0. The summed E-state index contributed by atoms with van der Waals surface area (Å²) in [6.07, 6.45) is 2.56. The van der Waals surface area contributed by atoms with E-state index >= 15 is 0 Å². The zero-order valence-electron chi connectivity index (χ0n) is 15.8. The molecule has 3 rings (SSSR count). The van der Waals surface area contributed by atoms with Gasteiger partial charge in [-0.05, 0) is 41.7 Å². The molecule has 0 saturated carbocycles. The van der Waals surface area contributed by atoms with Crippen LogP contribution in [0.5, 0.6) is 0 Å². The summed E-state index contributed by atoms with van der Waals surface area (Å²) in [5.41, 5.74) is 3.84. The van der Waals surface area contributed by atoms with Crippen LogP contribution in [0.25, 0.3) is 0 Å². The Bertz CT molecular complexity index is 891. The van der Waals surface area contributed by atoms with Gasteiger partial charge in [0.1, 0.15) is 5.82 Å². The standard InChI is InChI=1S/C23H25N3O/c1-17(2)20-10-6-7-11-21(20)26-23(27)19-13-15-25-22(16-19)24-14-12-18-8-4-3-5-9-18/h3-11,13,15-17H,12,14H2,1-2H3,(H,24,25)(H,26,27). The Morgan fingerprint density at radius 3 is 2.52 bits per heavy atom. The fourth-order valence-electron chi connectivity index (χ4n) is 2.96. The molecule has 3 aromatic rings. The summed E-state index contributed by atoms with van der Waals surface area (Å²) < 4.78 is 0. The molecule has 1 aromatic heterocycles. The summed E-state index contributed by atoms with van der Waals surface area (Å²) in [6.45, 7) is 5.00. The SMILES string of the molecule is CC(C)c1ccccc1NC(=O)c1ccnc(NCCc2ccccc2)c1. The molecule has 0 spiro atoms. The van der Waals surface area contributed by atoms with Gasteiger partial charge < -0.3 is 10.6 Å². The summed E-state index contributed by atoms with van der Waals surface area (Å²) >= 11 is 0. The van der Waals surface area contributed by atoms with Crippen LogP contribution in [0.3, 0.4) is 0 Å². The molecule has 0 unspecified atom stereocenters. The van der Waals surface area contributed by atoms with E-state index < -0.39 is 0 Å². The number of aromatic nitrogens is 1. The summed E-state index contributed by atoms with van der Waals surface area (Å²) in [7, 11) is 0. The molecule has 0 bridgehead atoms. The lowest BCUT2D eigenvalue weighted by Gasteiger charge is -2.14. The molecule has 2 N–H and O–H groups in total. The molecule has 0 radical (unpaired) electrons. The second kappa shape index (κ2) is 8.99. The molecule has 0 saturated heterocycles. The maximum Gasteiger partial charge on any atom is 0.255 e. The third-order valence-corrected chi connectivity index (χ3v) is 4.42. The number of carbonyl (C=O) groups is 1. The van der Waals surface area contributed by atoms with Gasteiger partial charge in [0, 0.05) is 24.0 Å². The van der Waals surface area contributed by atoms with E-state index in [1.165, 1.54) is 5.56 Å². The third kappa shape index (κ3) is 5.17. The molecule has 0 aliphatic carbocycles. The van der Waals surface area contributed by atoms with E-state index in [0.29, 0.717) is 17.3 Å². The van der Waals surface area contributed by atoms with Crippen molar-refractivity contribution in [2.24, 2.45) is 0 Å². The Morgan fingerprint density at radius 1 is 1.00 bits per heavy atom. The van der Waals surface area contributed by atoms with Gasteiger partial charge in [0.05, 0.1) is 0 Å². The molecule has 0 aliphatic heterocycles. The summed E-state index contributed by atoms with van der Waals surface area (Å²) in [6, 6.07) is 21.7. The first-order chi connectivity index (χ1) is 13.1. The van der Waals surface area contributed by atoms with Crippen molar-refractivity contribution in [1.82, 2.24) is 4.98 Å². The predicted molar refractivity (Wildman–Crippen MR) is 111 cm³/mol. The van der Waals surface area contributed by atoms with Crippen molar-refractivity contribution in [2.75, 3.05) is 17.2 Å². The number of carbonyl (C=O) groups excluding carboxylic acids is 1. The van der Waals surface area contributed by atoms with Crippen LogP contribution in [-0.2, 0) is 6.42 Å².